The summed E-state index contributed by atoms with van der Waals surface area (Å²) >= 11 is 0. The van der Waals surface area contributed by atoms with Crippen LogP contribution in [-0.2, 0) is 23.0 Å². The summed E-state index contributed by atoms with van der Waals surface area (Å²) < 4.78 is 23.2. The highest BCUT2D eigenvalue weighted by Gasteiger charge is 2.23. The average molecular weight is 378 g/mol. The minimum Gasteiger partial charge on any atom is -0.367 e. The van der Waals surface area contributed by atoms with E-state index in [1.165, 1.54) is 24.3 Å². The summed E-state index contributed by atoms with van der Waals surface area (Å²) in [7, 11) is -4.12. The van der Waals surface area contributed by atoms with Crippen molar-refractivity contribution in [3.63, 3.8) is 0 Å². The fourth-order valence-electron chi connectivity index (χ4n) is 2.90. The topological polar surface area (TPSA) is 150 Å². The lowest BCUT2D eigenvalue weighted by atomic mass is 9.98. The first-order valence-electron chi connectivity index (χ1n) is 7.48. The molecular weight excluding hydrogens is 364 g/mol. The maximum atomic E-state index is 11.6. The van der Waals surface area contributed by atoms with Crippen molar-refractivity contribution in [3.8, 4) is 0 Å². The van der Waals surface area contributed by atoms with E-state index < -0.39 is 25.6 Å². The van der Waals surface area contributed by atoms with E-state index in [9.17, 15) is 28.6 Å². The van der Waals surface area contributed by atoms with Crippen molar-refractivity contribution in [1.82, 2.24) is 0 Å². The Kier molecular flexibility index (Phi) is 4.34. The van der Waals surface area contributed by atoms with Gasteiger partial charge >= 0.3 is 0 Å². The van der Waals surface area contributed by atoms with Gasteiger partial charge in [0.25, 0.3) is 11.4 Å². The van der Waals surface area contributed by atoms with Gasteiger partial charge in [-0.15, -0.1) is 0 Å². The molecule has 0 fully saturated rings. The molecule has 0 amide bonds. The molecule has 0 unspecified atom stereocenters. The Morgan fingerprint density at radius 1 is 0.962 bits per heavy atom. The lowest BCUT2D eigenvalue weighted by molar-refractivity contribution is -0.385. The van der Waals surface area contributed by atoms with Gasteiger partial charge in [-0.2, -0.15) is 0 Å². The fraction of sp³-hybridized carbons (Fsp3) is 0.200. The van der Waals surface area contributed by atoms with Gasteiger partial charge in [-0.25, -0.2) is 13.6 Å². The van der Waals surface area contributed by atoms with Gasteiger partial charge in [0.15, 0.2) is 0 Å². The standard InChI is InChI=1S/C15H14N4O6S/c16-26(24,25)15-7-13(6-14(8-15)19(22)23)17-4-3-10-1-2-12(18(20)21)5-11(10)9-17/h1-2,5-8H,3-4,9H2,(H2,16,24,25). The number of nitrogens with zero attached hydrogens (tertiary/aromatic N) is 3. The maximum absolute atomic E-state index is 11.6. The van der Waals surface area contributed by atoms with Gasteiger partial charge in [-0.1, -0.05) is 6.07 Å². The number of nitro groups is 2. The van der Waals surface area contributed by atoms with E-state index in [-0.39, 0.29) is 17.1 Å². The van der Waals surface area contributed by atoms with Crippen LogP contribution in [0.3, 0.4) is 0 Å². The van der Waals surface area contributed by atoms with Crippen LogP contribution < -0.4 is 10.0 Å². The molecule has 3 rings (SSSR count). The molecular formula is C15H14N4O6S. The smallest absolute Gasteiger partial charge is 0.272 e. The molecule has 136 valence electrons. The lowest BCUT2D eigenvalue weighted by Gasteiger charge is -2.30. The van der Waals surface area contributed by atoms with E-state index in [0.29, 0.717) is 24.2 Å². The number of rotatable bonds is 4. The Bertz CT molecular complexity index is 1020. The van der Waals surface area contributed by atoms with Gasteiger partial charge in [0.05, 0.1) is 14.7 Å². The Labute approximate surface area is 148 Å². The first-order chi connectivity index (χ1) is 12.1. The van der Waals surface area contributed by atoms with Gasteiger partial charge in [-0.05, 0) is 23.6 Å². The fourth-order valence-corrected chi connectivity index (χ4v) is 3.47. The summed E-state index contributed by atoms with van der Waals surface area (Å²) in [5, 5.41) is 27.2. The minimum absolute atomic E-state index is 0.0464. The molecule has 0 bridgehead atoms. The molecule has 1 heterocycles. The number of hydrogen-bond donors (Lipinski definition) is 1. The number of fused-ring (bicyclic) bond motifs is 1. The van der Waals surface area contributed by atoms with E-state index in [0.717, 1.165) is 11.6 Å². The van der Waals surface area contributed by atoms with Crippen LogP contribution in [0, 0.1) is 20.2 Å². The molecule has 0 atom stereocenters. The largest absolute Gasteiger partial charge is 0.367 e. The van der Waals surface area contributed by atoms with Gasteiger partial charge in [0.1, 0.15) is 0 Å². The summed E-state index contributed by atoms with van der Waals surface area (Å²) in [6.45, 7) is 0.748. The zero-order valence-corrected chi connectivity index (χ0v) is 14.2. The third kappa shape index (κ3) is 3.48. The second-order valence-corrected chi connectivity index (χ2v) is 7.43. The molecule has 2 aromatic rings. The van der Waals surface area contributed by atoms with E-state index >= 15 is 0 Å². The number of sulfonamides is 1. The number of nitro benzene ring substituents is 2. The summed E-state index contributed by atoms with van der Waals surface area (Å²) in [4.78, 5) is 22.2. The van der Waals surface area contributed by atoms with Crippen LogP contribution in [0.1, 0.15) is 11.1 Å². The Morgan fingerprint density at radius 3 is 2.27 bits per heavy atom. The van der Waals surface area contributed by atoms with E-state index in [4.69, 9.17) is 5.14 Å². The number of anilines is 1. The highest BCUT2D eigenvalue weighted by Crippen LogP contribution is 2.31. The van der Waals surface area contributed by atoms with Crippen LogP contribution in [-0.4, -0.2) is 24.8 Å². The second-order valence-electron chi connectivity index (χ2n) is 5.87. The molecule has 10 nitrogen and oxygen atoms in total. The van der Waals surface area contributed by atoms with Crippen LogP contribution >= 0.6 is 0 Å². The van der Waals surface area contributed by atoms with Crippen molar-refractivity contribution >= 4 is 27.1 Å². The molecule has 0 spiro atoms. The third-order valence-electron chi connectivity index (χ3n) is 4.19. The molecule has 26 heavy (non-hydrogen) atoms. The Hall–Kier alpha value is -3.05. The molecule has 0 aliphatic carbocycles. The third-order valence-corrected chi connectivity index (χ3v) is 5.09. The summed E-state index contributed by atoms with van der Waals surface area (Å²) in [6, 6.07) is 8.01. The Morgan fingerprint density at radius 2 is 1.65 bits per heavy atom. The van der Waals surface area contributed by atoms with Crippen molar-refractivity contribution in [2.45, 2.75) is 17.9 Å². The summed E-state index contributed by atoms with van der Waals surface area (Å²) in [5.41, 5.74) is 1.55. The molecule has 0 aromatic heterocycles. The monoisotopic (exact) mass is 378 g/mol. The molecule has 1 aliphatic rings. The summed E-state index contributed by atoms with van der Waals surface area (Å²) in [5.74, 6) is 0. The molecule has 1 aliphatic heterocycles. The normalized spacial score (nSPS) is 14.0. The molecule has 0 saturated carbocycles. The highest BCUT2D eigenvalue weighted by atomic mass is 32.2. The number of nitrogens with two attached hydrogens (primary N) is 1. The molecule has 2 N–H and O–H groups in total. The van der Waals surface area contributed by atoms with Gasteiger partial charge in [0, 0.05) is 43.0 Å². The quantitative estimate of drug-likeness (QED) is 0.628. The van der Waals surface area contributed by atoms with Gasteiger partial charge in [0.2, 0.25) is 10.0 Å². The van der Waals surface area contributed by atoms with E-state index in [1.807, 2.05) is 0 Å². The maximum Gasteiger partial charge on any atom is 0.272 e. The second kappa shape index (κ2) is 6.35. The van der Waals surface area contributed by atoms with Crippen molar-refractivity contribution in [3.05, 3.63) is 67.8 Å². The molecule has 0 radical (unpaired) electrons. The number of hydrogen-bond acceptors (Lipinski definition) is 7. The number of primary sulfonamides is 1. The van der Waals surface area contributed by atoms with Crippen LogP contribution in [0.15, 0.2) is 41.3 Å². The van der Waals surface area contributed by atoms with Gasteiger partial charge in [-0.3, -0.25) is 20.2 Å². The zero-order chi connectivity index (χ0) is 19.1. The van der Waals surface area contributed by atoms with Crippen LogP contribution in [0.25, 0.3) is 0 Å². The predicted molar refractivity (Wildman–Crippen MR) is 92.3 cm³/mol. The minimum atomic E-state index is -4.12. The van der Waals surface area contributed by atoms with E-state index in [1.54, 1.807) is 11.0 Å². The van der Waals surface area contributed by atoms with Crippen molar-refractivity contribution < 1.29 is 18.3 Å². The van der Waals surface area contributed by atoms with Crippen LogP contribution in [0.5, 0.6) is 0 Å². The lowest BCUT2D eigenvalue weighted by Crippen LogP contribution is -2.30. The predicted octanol–water partition coefficient (Wildman–Crippen LogP) is 1.71. The zero-order valence-electron chi connectivity index (χ0n) is 13.4. The van der Waals surface area contributed by atoms with Crippen LogP contribution in [0.2, 0.25) is 0 Å². The molecule has 2 aromatic carbocycles. The van der Waals surface area contributed by atoms with E-state index in [2.05, 4.69) is 0 Å². The average Bonchev–Trinajstić information content (AvgIpc) is 2.59. The first-order valence-corrected chi connectivity index (χ1v) is 9.03. The molecule has 0 saturated heterocycles. The summed E-state index contributed by atoms with van der Waals surface area (Å²) in [6.07, 6.45) is 0.570. The van der Waals surface area contributed by atoms with Crippen molar-refractivity contribution in [2.75, 3.05) is 11.4 Å². The highest BCUT2D eigenvalue weighted by molar-refractivity contribution is 7.89. The first kappa shape index (κ1) is 17.8. The van der Waals surface area contributed by atoms with Crippen LogP contribution in [0.4, 0.5) is 17.1 Å². The van der Waals surface area contributed by atoms with Crippen molar-refractivity contribution in [2.24, 2.45) is 5.14 Å². The van der Waals surface area contributed by atoms with Gasteiger partial charge < -0.3 is 4.90 Å². The number of benzene rings is 2. The Balaban J connectivity index is 2.02. The van der Waals surface area contributed by atoms with Crippen molar-refractivity contribution in [1.29, 1.82) is 0 Å². The SMILES string of the molecule is NS(=O)(=O)c1cc(N2CCc3ccc([N+](=O)[O-])cc3C2)cc([N+](=O)[O-])c1. The molecule has 11 heteroatoms. The number of non-ortho nitro benzene ring substituents is 2.